The molecule has 0 amide bonds. The summed E-state index contributed by atoms with van der Waals surface area (Å²) >= 11 is 0. The first kappa shape index (κ1) is 10.0. The highest BCUT2D eigenvalue weighted by Gasteiger charge is 2.15. The molecule has 1 aliphatic carbocycles. The Kier molecular flexibility index (Phi) is 2.62. The molecule has 1 aromatic heterocycles. The molecule has 0 aliphatic heterocycles. The molecule has 2 atom stereocenters. The van der Waals surface area contributed by atoms with E-state index in [-0.39, 0.29) is 0 Å². The van der Waals surface area contributed by atoms with Crippen LogP contribution in [0.1, 0.15) is 20.3 Å². The third-order valence-electron chi connectivity index (χ3n) is 2.97. The van der Waals surface area contributed by atoms with Crippen LogP contribution >= 0.6 is 0 Å². The zero-order chi connectivity index (χ0) is 10.8. The van der Waals surface area contributed by atoms with E-state index in [1.54, 1.807) is 0 Å². The van der Waals surface area contributed by atoms with Crippen LogP contribution in [0.4, 0.5) is 5.82 Å². The van der Waals surface area contributed by atoms with Crippen molar-refractivity contribution in [3.8, 4) is 0 Å². The highest BCUT2D eigenvalue weighted by molar-refractivity contribution is 5.59. The number of rotatable bonds is 2. The zero-order valence-electron chi connectivity index (χ0n) is 9.22. The van der Waals surface area contributed by atoms with E-state index in [0.29, 0.717) is 17.7 Å². The van der Waals surface area contributed by atoms with Crippen molar-refractivity contribution in [3.05, 3.63) is 30.5 Å². The maximum atomic E-state index is 5.59. The quantitative estimate of drug-likeness (QED) is 0.802. The maximum Gasteiger partial charge on any atom is 0.145 e. The minimum absolute atomic E-state index is 0.564. The van der Waals surface area contributed by atoms with Gasteiger partial charge in [0.1, 0.15) is 5.82 Å². The molecule has 0 aromatic carbocycles. The lowest BCUT2D eigenvalue weighted by atomic mass is 9.87. The number of aromatic nitrogens is 2. The molecule has 3 nitrogen and oxygen atoms in total. The van der Waals surface area contributed by atoms with Gasteiger partial charge in [-0.15, -0.1) is 0 Å². The Labute approximate surface area is 90.3 Å². The molecule has 0 saturated heterocycles. The van der Waals surface area contributed by atoms with Crippen molar-refractivity contribution < 1.29 is 0 Å². The van der Waals surface area contributed by atoms with Crippen LogP contribution in [0.2, 0.25) is 0 Å². The Morgan fingerprint density at radius 3 is 2.87 bits per heavy atom. The summed E-state index contributed by atoms with van der Waals surface area (Å²) in [5.41, 5.74) is 6.70. The molecule has 0 saturated carbocycles. The molecular formula is C12H17N3. The van der Waals surface area contributed by atoms with Crippen molar-refractivity contribution in [2.24, 2.45) is 11.8 Å². The van der Waals surface area contributed by atoms with Gasteiger partial charge in [-0.3, -0.25) is 0 Å². The van der Waals surface area contributed by atoms with Crippen molar-refractivity contribution >= 4 is 11.5 Å². The molecule has 0 bridgehead atoms. The van der Waals surface area contributed by atoms with Gasteiger partial charge in [-0.05, 0) is 24.3 Å². The van der Waals surface area contributed by atoms with Crippen LogP contribution < -0.4 is 5.73 Å². The summed E-state index contributed by atoms with van der Waals surface area (Å²) < 4.78 is 1.83. The molecule has 2 unspecified atom stereocenters. The SMILES string of the molecule is CCC1C=CC(n2ccc(N)n2)=CC1C. The molecule has 80 valence electrons. The first-order valence-electron chi connectivity index (χ1n) is 5.42. The molecule has 1 aromatic rings. The fraction of sp³-hybridized carbons (Fsp3) is 0.417. The molecule has 2 rings (SSSR count). The summed E-state index contributed by atoms with van der Waals surface area (Å²) in [4.78, 5) is 0. The average Bonchev–Trinajstić information content (AvgIpc) is 2.65. The summed E-state index contributed by atoms with van der Waals surface area (Å²) in [6.45, 7) is 4.46. The van der Waals surface area contributed by atoms with Gasteiger partial charge in [0.15, 0.2) is 0 Å². The summed E-state index contributed by atoms with van der Waals surface area (Å²) in [6.07, 6.45) is 9.71. The lowest BCUT2D eigenvalue weighted by Gasteiger charge is -2.21. The Balaban J connectivity index is 2.23. The van der Waals surface area contributed by atoms with E-state index < -0.39 is 0 Å². The number of nitrogens with two attached hydrogens (primary N) is 1. The van der Waals surface area contributed by atoms with Crippen LogP contribution in [0.5, 0.6) is 0 Å². The van der Waals surface area contributed by atoms with Crippen molar-refractivity contribution in [2.45, 2.75) is 20.3 Å². The minimum atomic E-state index is 0.564. The third-order valence-corrected chi connectivity index (χ3v) is 2.97. The van der Waals surface area contributed by atoms with Gasteiger partial charge in [-0.2, -0.15) is 5.10 Å². The van der Waals surface area contributed by atoms with Gasteiger partial charge in [0.2, 0.25) is 0 Å². The van der Waals surface area contributed by atoms with E-state index in [0.717, 1.165) is 5.70 Å². The van der Waals surface area contributed by atoms with E-state index >= 15 is 0 Å². The van der Waals surface area contributed by atoms with Gasteiger partial charge < -0.3 is 5.73 Å². The average molecular weight is 203 g/mol. The van der Waals surface area contributed by atoms with Gasteiger partial charge in [-0.25, -0.2) is 4.68 Å². The predicted molar refractivity (Wildman–Crippen MR) is 63.0 cm³/mol. The largest absolute Gasteiger partial charge is 0.382 e. The fourth-order valence-corrected chi connectivity index (χ4v) is 1.99. The number of nitrogens with zero attached hydrogens (tertiary/aromatic N) is 2. The predicted octanol–water partition coefficient (Wildman–Crippen LogP) is 2.54. The van der Waals surface area contributed by atoms with E-state index in [9.17, 15) is 0 Å². The van der Waals surface area contributed by atoms with E-state index in [1.165, 1.54) is 6.42 Å². The highest BCUT2D eigenvalue weighted by atomic mass is 15.3. The zero-order valence-corrected chi connectivity index (χ0v) is 9.22. The summed E-state index contributed by atoms with van der Waals surface area (Å²) in [5, 5.41) is 4.19. The smallest absolute Gasteiger partial charge is 0.145 e. The van der Waals surface area contributed by atoms with Crippen molar-refractivity contribution in [2.75, 3.05) is 5.73 Å². The summed E-state index contributed by atoms with van der Waals surface area (Å²) in [7, 11) is 0. The van der Waals surface area contributed by atoms with E-state index in [2.05, 4.69) is 37.2 Å². The first-order valence-corrected chi connectivity index (χ1v) is 5.42. The lowest BCUT2D eigenvalue weighted by molar-refractivity contribution is 0.491. The van der Waals surface area contributed by atoms with Crippen LogP contribution in [0.25, 0.3) is 5.70 Å². The molecule has 15 heavy (non-hydrogen) atoms. The molecule has 1 aliphatic rings. The number of nitrogen functional groups attached to an aromatic ring is 1. The van der Waals surface area contributed by atoms with Gasteiger partial charge in [0, 0.05) is 12.3 Å². The molecule has 0 radical (unpaired) electrons. The molecule has 0 fully saturated rings. The topological polar surface area (TPSA) is 43.8 Å². The van der Waals surface area contributed by atoms with Gasteiger partial charge in [-0.1, -0.05) is 26.0 Å². The van der Waals surface area contributed by atoms with E-state index in [4.69, 9.17) is 5.73 Å². The van der Waals surface area contributed by atoms with Gasteiger partial charge >= 0.3 is 0 Å². The van der Waals surface area contributed by atoms with Gasteiger partial charge in [0.25, 0.3) is 0 Å². The van der Waals surface area contributed by atoms with Crippen molar-refractivity contribution in [1.82, 2.24) is 9.78 Å². The van der Waals surface area contributed by atoms with Crippen LogP contribution in [-0.2, 0) is 0 Å². The van der Waals surface area contributed by atoms with Crippen LogP contribution in [0, 0.1) is 11.8 Å². The second kappa shape index (κ2) is 3.93. The molecule has 1 heterocycles. The molecule has 2 N–H and O–H groups in total. The Hall–Kier alpha value is -1.51. The van der Waals surface area contributed by atoms with Crippen LogP contribution in [0.3, 0.4) is 0 Å². The third kappa shape index (κ3) is 1.96. The van der Waals surface area contributed by atoms with Crippen molar-refractivity contribution in [3.63, 3.8) is 0 Å². The fourth-order valence-electron chi connectivity index (χ4n) is 1.99. The number of anilines is 1. The number of allylic oxidation sites excluding steroid dienone is 4. The highest BCUT2D eigenvalue weighted by Crippen LogP contribution is 2.26. The first-order chi connectivity index (χ1) is 7.20. The van der Waals surface area contributed by atoms with Crippen molar-refractivity contribution in [1.29, 1.82) is 0 Å². The monoisotopic (exact) mass is 203 g/mol. The molecule has 3 heteroatoms. The van der Waals surface area contributed by atoms with Gasteiger partial charge in [0.05, 0.1) is 5.70 Å². The van der Waals surface area contributed by atoms with Crippen LogP contribution in [-0.4, -0.2) is 9.78 Å². The number of hydrogen-bond acceptors (Lipinski definition) is 2. The Morgan fingerprint density at radius 1 is 1.53 bits per heavy atom. The molecular weight excluding hydrogens is 186 g/mol. The Morgan fingerprint density at radius 2 is 2.33 bits per heavy atom. The van der Waals surface area contributed by atoms with Crippen LogP contribution in [0.15, 0.2) is 30.5 Å². The lowest BCUT2D eigenvalue weighted by Crippen LogP contribution is -2.11. The second-order valence-electron chi connectivity index (χ2n) is 4.07. The van der Waals surface area contributed by atoms with E-state index in [1.807, 2.05) is 16.9 Å². The Bertz CT molecular complexity index is 401. The summed E-state index contributed by atoms with van der Waals surface area (Å²) in [6, 6.07) is 1.81. The molecule has 0 spiro atoms. The number of hydrogen-bond donors (Lipinski definition) is 1. The maximum absolute atomic E-state index is 5.59. The normalized spacial score (nSPS) is 25.3. The summed E-state index contributed by atoms with van der Waals surface area (Å²) in [5.74, 6) is 1.79. The standard InChI is InChI=1S/C12H17N3/c1-3-10-4-5-11(8-9(10)2)15-7-6-12(13)14-15/h4-10H,3H2,1-2H3,(H2,13,14). The second-order valence-corrected chi connectivity index (χ2v) is 4.07. The minimum Gasteiger partial charge on any atom is -0.382 e.